The average Bonchev–Trinajstić information content (AvgIpc) is 2.67. The molecule has 0 saturated heterocycles. The number of benzene rings is 2. The van der Waals surface area contributed by atoms with Gasteiger partial charge in [-0.3, -0.25) is 14.4 Å². The van der Waals surface area contributed by atoms with Crippen LogP contribution in [-0.4, -0.2) is 31.4 Å². The molecule has 1 amide bonds. The smallest absolute Gasteiger partial charge is 0.310 e. The maximum absolute atomic E-state index is 12.2. The number of nitrogens with one attached hydrogen (secondary N) is 1. The summed E-state index contributed by atoms with van der Waals surface area (Å²) in [5.74, 6) is -0.449. The van der Waals surface area contributed by atoms with Crippen molar-refractivity contribution >= 4 is 34.9 Å². The van der Waals surface area contributed by atoms with Crippen LogP contribution in [0.2, 0.25) is 5.02 Å². The van der Waals surface area contributed by atoms with Gasteiger partial charge >= 0.3 is 5.97 Å². The summed E-state index contributed by atoms with van der Waals surface area (Å²) in [7, 11) is 1.50. The second kappa shape index (κ2) is 10.5. The molecule has 0 spiro atoms. The molecule has 6 nitrogen and oxygen atoms in total. The second-order valence-corrected chi connectivity index (χ2v) is 6.53. The predicted molar refractivity (Wildman–Crippen MR) is 107 cm³/mol. The summed E-state index contributed by atoms with van der Waals surface area (Å²) in [5, 5.41) is 3.22. The highest BCUT2D eigenvalue weighted by atomic mass is 35.5. The van der Waals surface area contributed by atoms with E-state index in [1.54, 1.807) is 42.5 Å². The number of amides is 1. The van der Waals surface area contributed by atoms with Gasteiger partial charge in [0.25, 0.3) is 0 Å². The third-order valence-corrected chi connectivity index (χ3v) is 4.14. The molecule has 0 saturated carbocycles. The number of halogens is 1. The number of hydrogen-bond acceptors (Lipinski definition) is 5. The molecule has 0 aliphatic rings. The lowest BCUT2D eigenvalue weighted by Gasteiger charge is -2.09. The number of carbonyl (C=O) groups excluding carboxylic acids is 3. The summed E-state index contributed by atoms with van der Waals surface area (Å²) < 4.78 is 10.3. The summed E-state index contributed by atoms with van der Waals surface area (Å²) in [6, 6.07) is 11.4. The summed E-state index contributed by atoms with van der Waals surface area (Å²) in [5.41, 5.74) is 1.58. The third kappa shape index (κ3) is 6.39. The first-order valence-electron chi connectivity index (χ1n) is 8.84. The van der Waals surface area contributed by atoms with Crippen LogP contribution in [0.25, 0.3) is 0 Å². The fourth-order valence-electron chi connectivity index (χ4n) is 2.51. The van der Waals surface area contributed by atoms with Crippen molar-refractivity contribution in [2.75, 3.05) is 19.0 Å². The van der Waals surface area contributed by atoms with Gasteiger partial charge in [-0.05, 0) is 48.9 Å². The van der Waals surface area contributed by atoms with Crippen LogP contribution in [0.1, 0.15) is 35.7 Å². The number of ketones is 1. The molecule has 0 heterocycles. The van der Waals surface area contributed by atoms with Crippen molar-refractivity contribution in [2.45, 2.75) is 26.2 Å². The topological polar surface area (TPSA) is 81.7 Å². The number of carbonyl (C=O) groups is 3. The van der Waals surface area contributed by atoms with E-state index in [1.165, 1.54) is 7.11 Å². The first kappa shape index (κ1) is 21.4. The van der Waals surface area contributed by atoms with Gasteiger partial charge < -0.3 is 14.8 Å². The number of rotatable bonds is 9. The Kier molecular flexibility index (Phi) is 8.02. The van der Waals surface area contributed by atoms with E-state index in [0.717, 1.165) is 6.42 Å². The summed E-state index contributed by atoms with van der Waals surface area (Å²) in [6.45, 7) is 1.55. The molecular formula is C21H22ClNO5. The average molecular weight is 404 g/mol. The van der Waals surface area contributed by atoms with Gasteiger partial charge in [-0.25, -0.2) is 0 Å². The molecule has 7 heteroatoms. The van der Waals surface area contributed by atoms with Gasteiger partial charge in [0.1, 0.15) is 5.75 Å². The van der Waals surface area contributed by atoms with Crippen molar-refractivity contribution in [1.29, 1.82) is 0 Å². The fourth-order valence-corrected chi connectivity index (χ4v) is 2.71. The minimum absolute atomic E-state index is 0.0561. The monoisotopic (exact) mass is 403 g/mol. The van der Waals surface area contributed by atoms with E-state index in [1.807, 2.05) is 6.92 Å². The maximum atomic E-state index is 12.2. The van der Waals surface area contributed by atoms with Gasteiger partial charge in [0, 0.05) is 28.3 Å². The van der Waals surface area contributed by atoms with Crippen molar-refractivity contribution in [1.82, 2.24) is 0 Å². The van der Waals surface area contributed by atoms with Gasteiger partial charge in [0.2, 0.25) is 5.91 Å². The Morgan fingerprint density at radius 2 is 1.79 bits per heavy atom. The van der Waals surface area contributed by atoms with E-state index < -0.39 is 5.97 Å². The van der Waals surface area contributed by atoms with Crippen LogP contribution in [0.4, 0.5) is 5.69 Å². The molecule has 0 radical (unpaired) electrons. The highest BCUT2D eigenvalue weighted by Crippen LogP contribution is 2.23. The normalized spacial score (nSPS) is 10.2. The lowest BCUT2D eigenvalue weighted by atomic mass is 10.1. The molecule has 0 unspecified atom stereocenters. The van der Waals surface area contributed by atoms with Crippen LogP contribution < -0.4 is 10.1 Å². The molecule has 2 aromatic rings. The number of esters is 1. The number of methoxy groups -OCH3 is 1. The Hall–Kier alpha value is -2.86. The molecule has 28 heavy (non-hydrogen) atoms. The molecule has 148 valence electrons. The van der Waals surface area contributed by atoms with Crippen LogP contribution >= 0.6 is 11.6 Å². The molecule has 0 aromatic heterocycles. The van der Waals surface area contributed by atoms with E-state index in [9.17, 15) is 14.4 Å². The zero-order valence-electron chi connectivity index (χ0n) is 15.8. The number of ether oxygens (including phenoxy) is 2. The number of hydrogen-bond donors (Lipinski definition) is 1. The zero-order chi connectivity index (χ0) is 20.5. The van der Waals surface area contributed by atoms with Gasteiger partial charge in [-0.15, -0.1) is 0 Å². The van der Waals surface area contributed by atoms with Gasteiger partial charge in [0.15, 0.2) is 12.4 Å². The maximum Gasteiger partial charge on any atom is 0.310 e. The summed E-state index contributed by atoms with van der Waals surface area (Å²) >= 11 is 5.94. The molecule has 0 fully saturated rings. The number of anilines is 1. The van der Waals surface area contributed by atoms with Crippen molar-refractivity contribution in [3.8, 4) is 5.75 Å². The third-order valence-electron chi connectivity index (χ3n) is 3.91. The first-order valence-corrected chi connectivity index (χ1v) is 9.22. The minimum Gasteiger partial charge on any atom is -0.496 e. The number of Topliss-reactive ketones (excluding diaryl/α,β-unsaturated/α-hetero) is 1. The molecule has 1 N–H and O–H groups in total. The van der Waals surface area contributed by atoms with Crippen LogP contribution in [0, 0.1) is 0 Å². The summed E-state index contributed by atoms with van der Waals surface area (Å²) in [4.78, 5) is 35.8. The van der Waals surface area contributed by atoms with E-state index in [4.69, 9.17) is 21.1 Å². The van der Waals surface area contributed by atoms with Crippen molar-refractivity contribution in [3.63, 3.8) is 0 Å². The Balaban J connectivity index is 1.88. The van der Waals surface area contributed by atoms with E-state index in [0.29, 0.717) is 34.0 Å². The highest BCUT2D eigenvalue weighted by molar-refractivity contribution is 6.30. The largest absolute Gasteiger partial charge is 0.496 e. The Morgan fingerprint density at radius 3 is 2.43 bits per heavy atom. The van der Waals surface area contributed by atoms with Crippen LogP contribution in [0.3, 0.4) is 0 Å². The lowest BCUT2D eigenvalue weighted by Crippen LogP contribution is -2.16. The zero-order valence-corrected chi connectivity index (χ0v) is 16.5. The molecule has 0 bridgehead atoms. The Bertz CT molecular complexity index is 848. The Labute approximate surface area is 168 Å². The van der Waals surface area contributed by atoms with Crippen molar-refractivity contribution < 1.29 is 23.9 Å². The van der Waals surface area contributed by atoms with E-state index in [-0.39, 0.29) is 24.7 Å². The predicted octanol–water partition coefficient (Wildman–Crippen LogP) is 4.06. The molecule has 0 aliphatic heterocycles. The van der Waals surface area contributed by atoms with Crippen LogP contribution in [0.5, 0.6) is 5.75 Å². The lowest BCUT2D eigenvalue weighted by molar-refractivity contribution is -0.141. The molecular weight excluding hydrogens is 382 g/mol. The molecule has 2 aromatic carbocycles. The van der Waals surface area contributed by atoms with E-state index in [2.05, 4.69) is 5.32 Å². The van der Waals surface area contributed by atoms with E-state index >= 15 is 0 Å². The SMILES string of the molecule is CCCC(=O)Nc1ccc(C(=O)COC(=O)Cc2cc(Cl)ccc2OC)cc1. The molecule has 0 atom stereocenters. The Morgan fingerprint density at radius 1 is 1.07 bits per heavy atom. The fraction of sp³-hybridized carbons (Fsp3) is 0.286. The van der Waals surface area contributed by atoms with Crippen molar-refractivity contribution in [2.24, 2.45) is 0 Å². The van der Waals surface area contributed by atoms with Gasteiger partial charge in [-0.1, -0.05) is 18.5 Å². The first-order chi connectivity index (χ1) is 13.4. The van der Waals surface area contributed by atoms with Gasteiger partial charge in [-0.2, -0.15) is 0 Å². The summed E-state index contributed by atoms with van der Waals surface area (Å²) in [6.07, 6.45) is 1.14. The van der Waals surface area contributed by atoms with Crippen LogP contribution in [0.15, 0.2) is 42.5 Å². The standard InChI is InChI=1S/C21H22ClNO5/c1-3-4-20(25)23-17-8-5-14(6-9-17)18(24)13-28-21(26)12-15-11-16(22)7-10-19(15)27-2/h5-11H,3-4,12-13H2,1-2H3,(H,23,25). The van der Waals surface area contributed by atoms with Crippen LogP contribution in [-0.2, 0) is 20.7 Å². The van der Waals surface area contributed by atoms with Crippen molar-refractivity contribution in [3.05, 3.63) is 58.6 Å². The quantitative estimate of drug-likeness (QED) is 0.504. The second-order valence-electron chi connectivity index (χ2n) is 6.09. The molecule has 0 aliphatic carbocycles. The van der Waals surface area contributed by atoms with Gasteiger partial charge in [0.05, 0.1) is 13.5 Å². The molecule has 2 rings (SSSR count). The highest BCUT2D eigenvalue weighted by Gasteiger charge is 2.14. The minimum atomic E-state index is -0.558.